The quantitative estimate of drug-likeness (QED) is 0.619. The number of hydrogen-bond donors (Lipinski definition) is 2. The number of aromatic nitrogens is 2. The Hall–Kier alpha value is -3.15. The summed E-state index contributed by atoms with van der Waals surface area (Å²) in [6, 6.07) is 13.8. The molecule has 0 saturated heterocycles. The predicted octanol–water partition coefficient (Wildman–Crippen LogP) is 3.36. The lowest BCUT2D eigenvalue weighted by molar-refractivity contribution is -0.119. The minimum absolute atomic E-state index is 0.0404. The first-order valence-electron chi connectivity index (χ1n) is 9.49. The van der Waals surface area contributed by atoms with E-state index in [1.165, 1.54) is 6.92 Å². The van der Waals surface area contributed by atoms with Gasteiger partial charge in [0.2, 0.25) is 11.8 Å². The van der Waals surface area contributed by atoms with Crippen molar-refractivity contribution in [1.82, 2.24) is 14.9 Å². The van der Waals surface area contributed by atoms with Crippen molar-refractivity contribution in [2.24, 2.45) is 0 Å². The Morgan fingerprint density at radius 3 is 2.68 bits per heavy atom. The number of aryl methyl sites for hydroxylation is 3. The molecule has 0 atom stereocenters. The fraction of sp³-hybridized carbons (Fsp3) is 0.318. The third-order valence-electron chi connectivity index (χ3n) is 4.65. The molecule has 0 aliphatic rings. The van der Waals surface area contributed by atoms with Gasteiger partial charge in [-0.3, -0.25) is 9.59 Å². The van der Waals surface area contributed by atoms with Crippen LogP contribution in [0.3, 0.4) is 0 Å². The molecule has 0 bridgehead atoms. The highest BCUT2D eigenvalue weighted by Crippen LogP contribution is 2.19. The number of nitrogens with one attached hydrogen (secondary N) is 2. The van der Waals surface area contributed by atoms with E-state index < -0.39 is 0 Å². The van der Waals surface area contributed by atoms with Crippen LogP contribution in [0.5, 0.6) is 0 Å². The molecule has 146 valence electrons. The Morgan fingerprint density at radius 1 is 1.11 bits per heavy atom. The van der Waals surface area contributed by atoms with E-state index >= 15 is 0 Å². The van der Waals surface area contributed by atoms with Gasteiger partial charge in [0.25, 0.3) is 0 Å². The summed E-state index contributed by atoms with van der Waals surface area (Å²) >= 11 is 0. The van der Waals surface area contributed by atoms with E-state index in [0.29, 0.717) is 13.0 Å². The number of carbonyl (C=O) groups excluding carboxylic acids is 2. The lowest BCUT2D eigenvalue weighted by Crippen LogP contribution is -2.23. The molecule has 2 aromatic carbocycles. The maximum atomic E-state index is 12.7. The molecule has 0 radical (unpaired) electrons. The van der Waals surface area contributed by atoms with Gasteiger partial charge in [-0.1, -0.05) is 24.3 Å². The first-order chi connectivity index (χ1) is 13.4. The van der Waals surface area contributed by atoms with Gasteiger partial charge in [0.1, 0.15) is 12.4 Å². The van der Waals surface area contributed by atoms with Crippen molar-refractivity contribution < 1.29 is 9.59 Å². The summed E-state index contributed by atoms with van der Waals surface area (Å²) in [7, 11) is 0. The monoisotopic (exact) mass is 378 g/mol. The van der Waals surface area contributed by atoms with Gasteiger partial charge in [0, 0.05) is 25.6 Å². The molecule has 3 rings (SSSR count). The van der Waals surface area contributed by atoms with Crippen LogP contribution >= 0.6 is 0 Å². The molecule has 1 aromatic heterocycles. The number of imidazole rings is 1. The second kappa shape index (κ2) is 8.69. The molecule has 6 heteroatoms. The number of anilines is 1. The fourth-order valence-electron chi connectivity index (χ4n) is 3.21. The van der Waals surface area contributed by atoms with Gasteiger partial charge in [-0.25, -0.2) is 4.98 Å². The lowest BCUT2D eigenvalue weighted by Gasteiger charge is -2.12. The van der Waals surface area contributed by atoms with E-state index in [4.69, 9.17) is 4.98 Å². The van der Waals surface area contributed by atoms with E-state index in [1.807, 2.05) is 60.9 Å². The van der Waals surface area contributed by atoms with Gasteiger partial charge < -0.3 is 15.2 Å². The zero-order valence-electron chi connectivity index (χ0n) is 16.6. The summed E-state index contributed by atoms with van der Waals surface area (Å²) in [4.78, 5) is 28.5. The fourth-order valence-corrected chi connectivity index (χ4v) is 3.21. The minimum Gasteiger partial charge on any atom is -0.356 e. The number of para-hydroxylation sites is 2. The van der Waals surface area contributed by atoms with Gasteiger partial charge in [-0.15, -0.1) is 0 Å². The van der Waals surface area contributed by atoms with Gasteiger partial charge in [0.15, 0.2) is 0 Å². The van der Waals surface area contributed by atoms with E-state index in [9.17, 15) is 9.59 Å². The maximum absolute atomic E-state index is 12.7. The van der Waals surface area contributed by atoms with Crippen molar-refractivity contribution in [3.05, 3.63) is 59.4 Å². The topological polar surface area (TPSA) is 76.0 Å². The summed E-state index contributed by atoms with van der Waals surface area (Å²) in [5.41, 5.74) is 4.78. The highest BCUT2D eigenvalue weighted by molar-refractivity contribution is 5.92. The Morgan fingerprint density at radius 2 is 1.89 bits per heavy atom. The van der Waals surface area contributed by atoms with Crippen LogP contribution in [-0.2, 0) is 22.6 Å². The van der Waals surface area contributed by atoms with Gasteiger partial charge in [-0.2, -0.15) is 0 Å². The number of fused-ring (bicyclic) bond motifs is 1. The second-order valence-corrected chi connectivity index (χ2v) is 7.06. The minimum atomic E-state index is -0.0834. The molecule has 0 aliphatic heterocycles. The van der Waals surface area contributed by atoms with Crippen molar-refractivity contribution in [2.75, 3.05) is 11.9 Å². The number of hydrogen-bond acceptors (Lipinski definition) is 3. The van der Waals surface area contributed by atoms with Crippen LogP contribution in [0, 0.1) is 13.8 Å². The summed E-state index contributed by atoms with van der Waals surface area (Å²) < 4.78 is 1.96. The highest BCUT2D eigenvalue weighted by atomic mass is 16.2. The van der Waals surface area contributed by atoms with Crippen LogP contribution in [0.1, 0.15) is 30.3 Å². The van der Waals surface area contributed by atoms with Gasteiger partial charge >= 0.3 is 0 Å². The van der Waals surface area contributed by atoms with Crippen molar-refractivity contribution in [2.45, 2.75) is 40.2 Å². The average Bonchev–Trinajstić information content (AvgIpc) is 2.99. The molecule has 0 saturated carbocycles. The Kier molecular flexibility index (Phi) is 6.09. The standard InChI is InChI=1S/C22H26N4O2/c1-15-10-11-16(2)19(13-15)25-22(28)14-26-20-8-5-4-7-18(20)24-21(26)9-6-12-23-17(3)27/h4-5,7-8,10-11,13H,6,9,12,14H2,1-3H3,(H,23,27)(H,25,28). The summed E-state index contributed by atoms with van der Waals surface area (Å²) in [6.07, 6.45) is 1.45. The Labute approximate surface area is 165 Å². The number of rotatable bonds is 7. The summed E-state index contributed by atoms with van der Waals surface area (Å²) in [5.74, 6) is 0.726. The number of nitrogens with zero attached hydrogens (tertiary/aromatic N) is 2. The highest BCUT2D eigenvalue weighted by Gasteiger charge is 2.14. The van der Waals surface area contributed by atoms with Crippen LogP contribution in [0.2, 0.25) is 0 Å². The van der Waals surface area contributed by atoms with E-state index in [1.54, 1.807) is 0 Å². The zero-order chi connectivity index (χ0) is 20.1. The number of amides is 2. The molecular weight excluding hydrogens is 352 g/mol. The third kappa shape index (κ3) is 4.76. The lowest BCUT2D eigenvalue weighted by atomic mass is 10.1. The van der Waals surface area contributed by atoms with Crippen LogP contribution in [0.25, 0.3) is 11.0 Å². The normalized spacial score (nSPS) is 10.8. The average molecular weight is 378 g/mol. The molecule has 0 aliphatic carbocycles. The van der Waals surface area contributed by atoms with Crippen molar-refractivity contribution >= 4 is 28.5 Å². The molecule has 0 spiro atoms. The first-order valence-corrected chi connectivity index (χ1v) is 9.49. The molecule has 6 nitrogen and oxygen atoms in total. The number of benzene rings is 2. The molecule has 2 amide bonds. The summed E-state index contributed by atoms with van der Waals surface area (Å²) in [6.45, 7) is 6.28. The molecular formula is C22H26N4O2. The van der Waals surface area contributed by atoms with Crippen molar-refractivity contribution in [1.29, 1.82) is 0 Å². The smallest absolute Gasteiger partial charge is 0.244 e. The van der Waals surface area contributed by atoms with Crippen molar-refractivity contribution in [3.63, 3.8) is 0 Å². The molecule has 3 aromatic rings. The number of carbonyl (C=O) groups is 2. The SMILES string of the molecule is CC(=O)NCCCc1nc2ccccc2n1CC(=O)Nc1cc(C)ccc1C. The third-order valence-corrected chi connectivity index (χ3v) is 4.65. The molecule has 0 fully saturated rings. The van der Waals surface area contributed by atoms with Gasteiger partial charge in [0.05, 0.1) is 11.0 Å². The Bertz CT molecular complexity index is 1010. The summed E-state index contributed by atoms with van der Waals surface area (Å²) in [5, 5.41) is 5.82. The van der Waals surface area contributed by atoms with Crippen LogP contribution in [0.4, 0.5) is 5.69 Å². The molecule has 1 heterocycles. The van der Waals surface area contributed by atoms with Crippen LogP contribution in [0.15, 0.2) is 42.5 Å². The van der Waals surface area contributed by atoms with Gasteiger partial charge in [-0.05, 0) is 49.6 Å². The Balaban J connectivity index is 1.78. The first kappa shape index (κ1) is 19.6. The molecule has 0 unspecified atom stereocenters. The van der Waals surface area contributed by atoms with E-state index in [-0.39, 0.29) is 18.4 Å². The van der Waals surface area contributed by atoms with Crippen LogP contribution in [-0.4, -0.2) is 27.9 Å². The molecule has 2 N–H and O–H groups in total. The molecule has 28 heavy (non-hydrogen) atoms. The second-order valence-electron chi connectivity index (χ2n) is 7.06. The van der Waals surface area contributed by atoms with Crippen LogP contribution < -0.4 is 10.6 Å². The largest absolute Gasteiger partial charge is 0.356 e. The van der Waals surface area contributed by atoms with Crippen molar-refractivity contribution in [3.8, 4) is 0 Å². The van der Waals surface area contributed by atoms with E-state index in [2.05, 4.69) is 10.6 Å². The predicted molar refractivity (Wildman–Crippen MR) is 111 cm³/mol. The van der Waals surface area contributed by atoms with E-state index in [0.717, 1.165) is 40.1 Å². The zero-order valence-corrected chi connectivity index (χ0v) is 16.6. The maximum Gasteiger partial charge on any atom is 0.244 e.